The summed E-state index contributed by atoms with van der Waals surface area (Å²) in [6.07, 6.45) is 9.32. The van der Waals surface area contributed by atoms with E-state index in [1.807, 2.05) is 5.92 Å². The van der Waals surface area contributed by atoms with Gasteiger partial charge in [0.2, 0.25) is 0 Å². The van der Waals surface area contributed by atoms with E-state index in [4.69, 9.17) is 19.3 Å². The molecular weight excluding hydrogens is 507 g/mol. The molecule has 0 saturated heterocycles. The Balaban J connectivity index is 4.58. The van der Waals surface area contributed by atoms with Crippen LogP contribution in [0.2, 0.25) is 0 Å². The van der Waals surface area contributed by atoms with Crippen LogP contribution < -0.4 is 0 Å². The minimum atomic E-state index is -4.88. The van der Waals surface area contributed by atoms with Crippen LogP contribution in [0.4, 0.5) is 0 Å². The third kappa shape index (κ3) is 25.5. The Kier molecular flexibility index (Phi) is 21.5. The summed E-state index contributed by atoms with van der Waals surface area (Å²) in [7, 11) is -4.88. The second-order valence-corrected chi connectivity index (χ2v) is 8.91. The Morgan fingerprint density at radius 2 is 1.18 bits per heavy atom. The molecule has 9 heteroatoms. The van der Waals surface area contributed by atoms with Crippen molar-refractivity contribution in [1.82, 2.24) is 0 Å². The number of carbonyl (C=O) groups is 2. The van der Waals surface area contributed by atoms with E-state index < -0.39 is 32.7 Å². The molecule has 0 radical (unpaired) electrons. The van der Waals surface area contributed by atoms with Gasteiger partial charge in [-0.3, -0.25) is 9.32 Å². The second-order valence-electron chi connectivity index (χ2n) is 7.67. The van der Waals surface area contributed by atoms with Crippen molar-refractivity contribution in [2.45, 2.75) is 90.8 Å². The molecule has 0 saturated carbocycles. The van der Waals surface area contributed by atoms with Gasteiger partial charge in [0.25, 0.3) is 6.29 Å². The van der Waals surface area contributed by atoms with Crippen molar-refractivity contribution >= 4 is 19.8 Å². The van der Waals surface area contributed by atoms with Gasteiger partial charge in [0.1, 0.15) is 6.61 Å². The highest BCUT2D eigenvalue weighted by Crippen LogP contribution is 2.36. The predicted octanol–water partition coefficient (Wildman–Crippen LogP) is 3.86. The molecule has 0 aromatic rings. The molecule has 0 amide bonds. The van der Waals surface area contributed by atoms with Gasteiger partial charge in [-0.2, -0.15) is 0 Å². The molecule has 38 heavy (non-hydrogen) atoms. The smallest absolute Gasteiger partial charge is 0.422 e. The number of ether oxygens (including phenoxy) is 2. The van der Waals surface area contributed by atoms with Crippen molar-refractivity contribution in [1.29, 1.82) is 0 Å². The number of phosphoric ester groups is 1. The number of rotatable bonds is 16. The third-order valence-corrected chi connectivity index (χ3v) is 4.95. The van der Waals surface area contributed by atoms with Crippen LogP contribution in [0.3, 0.4) is 0 Å². The molecule has 0 aliphatic carbocycles. The quantitative estimate of drug-likeness (QED) is 0.0757. The summed E-state index contributed by atoms with van der Waals surface area (Å²) in [4.78, 5) is 41.7. The molecule has 2 N–H and O–H groups in total. The summed E-state index contributed by atoms with van der Waals surface area (Å²) in [5, 5.41) is 0. The SMILES string of the molecule is CC#CC#CC#CC#CC#CC#CC(=O)O[C@H](COP(=O)(O)O)OC(=O)CCCCCCCCCCCC. The fourth-order valence-electron chi connectivity index (χ4n) is 2.76. The fraction of sp³-hybridized carbons (Fsp3) is 0.517. The number of unbranched alkanes of at least 4 members (excludes halogenated alkanes) is 9. The largest absolute Gasteiger partial charge is 0.469 e. The molecular formula is C29H33O8P. The van der Waals surface area contributed by atoms with Crippen LogP contribution in [-0.4, -0.2) is 34.6 Å². The Labute approximate surface area is 226 Å². The van der Waals surface area contributed by atoms with Crippen molar-refractivity contribution in [2.75, 3.05) is 6.61 Å². The molecule has 0 fully saturated rings. The maximum absolute atomic E-state index is 12.1. The summed E-state index contributed by atoms with van der Waals surface area (Å²) in [6, 6.07) is 0. The highest BCUT2D eigenvalue weighted by atomic mass is 31.2. The zero-order valence-corrected chi connectivity index (χ0v) is 22.7. The van der Waals surface area contributed by atoms with E-state index in [-0.39, 0.29) is 6.42 Å². The molecule has 0 spiro atoms. The van der Waals surface area contributed by atoms with Gasteiger partial charge in [-0.1, -0.05) is 70.6 Å². The monoisotopic (exact) mass is 540 g/mol. The van der Waals surface area contributed by atoms with Crippen LogP contribution in [0.5, 0.6) is 0 Å². The van der Waals surface area contributed by atoms with Gasteiger partial charge in [-0.15, -0.1) is 0 Å². The first kappa shape index (κ1) is 34.4. The van der Waals surface area contributed by atoms with Crippen LogP contribution >= 0.6 is 7.82 Å². The van der Waals surface area contributed by atoms with E-state index in [0.29, 0.717) is 6.42 Å². The Morgan fingerprint density at radius 1 is 0.711 bits per heavy atom. The van der Waals surface area contributed by atoms with Crippen LogP contribution in [-0.2, 0) is 28.2 Å². The second kappa shape index (κ2) is 23.8. The molecule has 1 atom stereocenters. The lowest BCUT2D eigenvalue weighted by atomic mass is 10.1. The summed E-state index contributed by atoms with van der Waals surface area (Å²) >= 11 is 0. The van der Waals surface area contributed by atoms with Gasteiger partial charge in [-0.05, 0) is 72.5 Å². The first-order chi connectivity index (χ1) is 18.3. The highest BCUT2D eigenvalue weighted by Gasteiger charge is 2.24. The first-order valence-electron chi connectivity index (χ1n) is 12.3. The summed E-state index contributed by atoms with van der Waals surface area (Å²) < 4.78 is 25.1. The number of hydrogen-bond donors (Lipinski definition) is 2. The molecule has 0 bridgehead atoms. The number of esters is 2. The zero-order valence-electron chi connectivity index (χ0n) is 21.9. The lowest BCUT2D eigenvalue weighted by molar-refractivity contribution is -0.189. The molecule has 0 aromatic carbocycles. The third-order valence-electron chi connectivity index (χ3n) is 4.47. The molecule has 0 unspecified atom stereocenters. The van der Waals surface area contributed by atoms with E-state index >= 15 is 0 Å². The standard InChI is InChI=1S/C29H33O8P/c1-3-5-7-9-11-13-15-17-19-21-23-25-28(31)37-29(26-35-38(32,33)34)36-27(30)24-22-20-18-16-14-12-10-8-6-4-2/h29H,4,6,8,10,12,14,16,18,20,22,24,26H2,1-2H3,(H2,32,33,34)/t29-/m1/s1. The van der Waals surface area contributed by atoms with E-state index in [1.165, 1.54) is 38.5 Å². The average Bonchev–Trinajstić information content (AvgIpc) is 2.86. The normalized spacial score (nSPS) is 9.89. The number of hydrogen-bond acceptors (Lipinski definition) is 6. The molecule has 0 aliphatic heterocycles. The van der Waals surface area contributed by atoms with Crippen molar-refractivity contribution in [3.8, 4) is 71.0 Å². The van der Waals surface area contributed by atoms with Crippen LogP contribution in [0.15, 0.2) is 0 Å². The number of phosphoric acid groups is 1. The predicted molar refractivity (Wildman–Crippen MR) is 143 cm³/mol. The fourth-order valence-corrected chi connectivity index (χ4v) is 3.07. The van der Waals surface area contributed by atoms with Crippen LogP contribution in [0, 0.1) is 71.0 Å². The lowest BCUT2D eigenvalue weighted by Gasteiger charge is -2.17. The average molecular weight is 541 g/mol. The molecule has 8 nitrogen and oxygen atoms in total. The summed E-state index contributed by atoms with van der Waals surface area (Å²) in [5.74, 6) is 26.7. The van der Waals surface area contributed by atoms with E-state index in [0.717, 1.165) is 19.3 Å². The Bertz CT molecular complexity index is 1160. The van der Waals surface area contributed by atoms with Crippen molar-refractivity contribution in [3.63, 3.8) is 0 Å². The molecule has 202 valence electrons. The summed E-state index contributed by atoms with van der Waals surface area (Å²) in [6.45, 7) is 2.98. The summed E-state index contributed by atoms with van der Waals surface area (Å²) in [5.41, 5.74) is 0. The Morgan fingerprint density at radius 3 is 1.68 bits per heavy atom. The van der Waals surface area contributed by atoms with Crippen LogP contribution in [0.25, 0.3) is 0 Å². The van der Waals surface area contributed by atoms with Gasteiger partial charge in [0, 0.05) is 12.3 Å². The zero-order chi connectivity index (χ0) is 28.3. The lowest BCUT2D eigenvalue weighted by Crippen LogP contribution is -2.28. The van der Waals surface area contributed by atoms with Crippen molar-refractivity contribution < 1.29 is 37.9 Å². The van der Waals surface area contributed by atoms with Gasteiger partial charge in [0.05, 0.1) is 0 Å². The van der Waals surface area contributed by atoms with Crippen molar-refractivity contribution in [2.24, 2.45) is 0 Å². The minimum absolute atomic E-state index is 0.0662. The van der Waals surface area contributed by atoms with E-state index in [2.05, 4.69) is 76.6 Å². The molecule has 0 aromatic heterocycles. The van der Waals surface area contributed by atoms with E-state index in [9.17, 15) is 14.2 Å². The Hall–Kier alpha value is -3.59. The minimum Gasteiger partial charge on any atom is -0.422 e. The molecule has 0 rings (SSSR count). The molecule has 0 heterocycles. The maximum atomic E-state index is 12.1. The van der Waals surface area contributed by atoms with Gasteiger partial charge in [0.15, 0.2) is 0 Å². The maximum Gasteiger partial charge on any atom is 0.469 e. The molecule has 0 aliphatic rings. The van der Waals surface area contributed by atoms with Gasteiger partial charge >= 0.3 is 19.8 Å². The van der Waals surface area contributed by atoms with E-state index in [1.54, 1.807) is 6.92 Å². The van der Waals surface area contributed by atoms with Gasteiger partial charge < -0.3 is 19.3 Å². The van der Waals surface area contributed by atoms with Crippen LogP contribution in [0.1, 0.15) is 84.5 Å². The first-order valence-corrected chi connectivity index (χ1v) is 13.8. The number of carbonyl (C=O) groups excluding carboxylic acids is 2. The van der Waals surface area contributed by atoms with Gasteiger partial charge in [-0.25, -0.2) is 9.36 Å². The topological polar surface area (TPSA) is 119 Å². The highest BCUT2D eigenvalue weighted by molar-refractivity contribution is 7.46. The van der Waals surface area contributed by atoms with Crippen molar-refractivity contribution in [3.05, 3.63) is 0 Å².